The van der Waals surface area contributed by atoms with E-state index in [-0.39, 0.29) is 4.21 Å². The fourth-order valence-electron chi connectivity index (χ4n) is 1.77. The molecule has 1 amide bonds. The number of para-hydroxylation sites is 1. The third-order valence-electron chi connectivity index (χ3n) is 2.99. The van der Waals surface area contributed by atoms with Crippen molar-refractivity contribution in [2.45, 2.75) is 4.21 Å². The minimum Gasteiger partial charge on any atom is -0.455 e. The Morgan fingerprint density at radius 1 is 1.20 bits per heavy atom. The standard InChI is InChI=1S/C15H15ClN2O5S2/c1-18(25(21,22)15-8-7-12(16)24-15)9-14(20)23-10-13(19)17-11-5-3-2-4-6-11/h2-8H,9-10H2,1H3,(H,17,19). The molecule has 0 unspecified atom stereocenters. The number of hydrogen-bond donors (Lipinski definition) is 1. The lowest BCUT2D eigenvalue weighted by Gasteiger charge is -2.15. The molecule has 2 aromatic rings. The van der Waals surface area contributed by atoms with Crippen LogP contribution in [0.15, 0.2) is 46.7 Å². The zero-order valence-electron chi connectivity index (χ0n) is 13.1. The highest BCUT2D eigenvalue weighted by Gasteiger charge is 2.25. The predicted molar refractivity (Wildman–Crippen MR) is 95.2 cm³/mol. The van der Waals surface area contributed by atoms with Crippen LogP contribution in [0.1, 0.15) is 0 Å². The van der Waals surface area contributed by atoms with E-state index in [1.165, 1.54) is 19.2 Å². The van der Waals surface area contributed by atoms with E-state index < -0.39 is 35.1 Å². The second-order valence-electron chi connectivity index (χ2n) is 4.89. The molecule has 0 aliphatic rings. The minimum atomic E-state index is -3.83. The molecule has 0 fully saturated rings. The number of halogens is 1. The van der Waals surface area contributed by atoms with E-state index in [0.717, 1.165) is 15.6 Å². The summed E-state index contributed by atoms with van der Waals surface area (Å²) in [5.74, 6) is -1.35. The topological polar surface area (TPSA) is 92.8 Å². The number of likely N-dealkylation sites (N-methyl/N-ethyl adjacent to an activating group) is 1. The minimum absolute atomic E-state index is 0.0228. The summed E-state index contributed by atoms with van der Waals surface area (Å²) in [5.41, 5.74) is 0.567. The van der Waals surface area contributed by atoms with Gasteiger partial charge in [0, 0.05) is 12.7 Å². The van der Waals surface area contributed by atoms with Crippen molar-refractivity contribution in [3.63, 3.8) is 0 Å². The summed E-state index contributed by atoms with van der Waals surface area (Å²) in [5, 5.41) is 2.55. The monoisotopic (exact) mass is 402 g/mol. The average Bonchev–Trinajstić information content (AvgIpc) is 3.01. The molecule has 1 aromatic heterocycles. The molecule has 1 N–H and O–H groups in total. The number of nitrogens with one attached hydrogen (secondary N) is 1. The SMILES string of the molecule is CN(CC(=O)OCC(=O)Nc1ccccc1)S(=O)(=O)c1ccc(Cl)s1. The molecule has 2 rings (SSSR count). The first kappa shape index (κ1) is 19.4. The van der Waals surface area contributed by atoms with Crippen LogP contribution in [0.2, 0.25) is 4.34 Å². The van der Waals surface area contributed by atoms with Crippen LogP contribution >= 0.6 is 22.9 Å². The largest absolute Gasteiger partial charge is 0.455 e. The van der Waals surface area contributed by atoms with Gasteiger partial charge in [0.2, 0.25) is 0 Å². The lowest BCUT2D eigenvalue weighted by Crippen LogP contribution is -2.33. The fourth-order valence-corrected chi connectivity index (χ4v) is 4.58. The summed E-state index contributed by atoms with van der Waals surface area (Å²) in [7, 11) is -2.59. The number of rotatable bonds is 7. The van der Waals surface area contributed by atoms with E-state index in [2.05, 4.69) is 5.32 Å². The smallest absolute Gasteiger partial charge is 0.321 e. The second kappa shape index (κ2) is 8.43. The summed E-state index contributed by atoms with van der Waals surface area (Å²) < 4.78 is 30.5. The van der Waals surface area contributed by atoms with Gasteiger partial charge >= 0.3 is 5.97 Å². The van der Waals surface area contributed by atoms with Gasteiger partial charge in [0.15, 0.2) is 6.61 Å². The molecule has 0 saturated heterocycles. The molecule has 0 aliphatic heterocycles. The summed E-state index contributed by atoms with van der Waals surface area (Å²) in [6.07, 6.45) is 0. The van der Waals surface area contributed by atoms with Gasteiger partial charge in [-0.2, -0.15) is 4.31 Å². The first-order valence-electron chi connectivity index (χ1n) is 7.01. The van der Waals surface area contributed by atoms with Gasteiger partial charge < -0.3 is 10.1 Å². The molecule has 1 aromatic carbocycles. The van der Waals surface area contributed by atoms with E-state index in [9.17, 15) is 18.0 Å². The Hall–Kier alpha value is -1.94. The number of ether oxygens (including phenoxy) is 1. The highest BCUT2D eigenvalue weighted by Crippen LogP contribution is 2.27. The van der Waals surface area contributed by atoms with Crippen molar-refractivity contribution in [2.24, 2.45) is 0 Å². The number of benzene rings is 1. The van der Waals surface area contributed by atoms with Crippen molar-refractivity contribution in [1.29, 1.82) is 0 Å². The van der Waals surface area contributed by atoms with Crippen LogP contribution in [0.25, 0.3) is 0 Å². The van der Waals surface area contributed by atoms with Gasteiger partial charge in [-0.25, -0.2) is 8.42 Å². The molecule has 25 heavy (non-hydrogen) atoms. The van der Waals surface area contributed by atoms with Crippen LogP contribution in [0, 0.1) is 0 Å². The van der Waals surface area contributed by atoms with Gasteiger partial charge in [-0.1, -0.05) is 29.8 Å². The molecule has 1 heterocycles. The summed E-state index contributed by atoms with van der Waals surface area (Å²) in [6.45, 7) is -1.02. The molecule has 7 nitrogen and oxygen atoms in total. The van der Waals surface area contributed by atoms with Crippen molar-refractivity contribution >= 4 is 50.5 Å². The van der Waals surface area contributed by atoms with Crippen LogP contribution in [0.4, 0.5) is 5.69 Å². The number of carbonyl (C=O) groups is 2. The van der Waals surface area contributed by atoms with E-state index in [1.54, 1.807) is 30.3 Å². The summed E-state index contributed by atoms with van der Waals surface area (Å²) in [4.78, 5) is 23.5. The van der Waals surface area contributed by atoms with Crippen LogP contribution in [-0.2, 0) is 24.3 Å². The highest BCUT2D eigenvalue weighted by atomic mass is 35.5. The average molecular weight is 403 g/mol. The van der Waals surface area contributed by atoms with Gasteiger partial charge in [0.05, 0.1) is 4.34 Å². The van der Waals surface area contributed by atoms with Crippen LogP contribution < -0.4 is 5.32 Å². The normalized spacial score (nSPS) is 11.3. The van der Waals surface area contributed by atoms with Crippen LogP contribution in [0.3, 0.4) is 0 Å². The highest BCUT2D eigenvalue weighted by molar-refractivity contribution is 7.91. The number of nitrogens with zero attached hydrogens (tertiary/aromatic N) is 1. The molecule has 134 valence electrons. The Morgan fingerprint density at radius 2 is 1.88 bits per heavy atom. The molecule has 0 spiro atoms. The quantitative estimate of drug-likeness (QED) is 0.716. The van der Waals surface area contributed by atoms with Crippen LogP contribution in [0.5, 0.6) is 0 Å². The molecular formula is C15H15ClN2O5S2. The van der Waals surface area contributed by atoms with E-state index in [4.69, 9.17) is 16.3 Å². The number of hydrogen-bond acceptors (Lipinski definition) is 6. The zero-order chi connectivity index (χ0) is 18.4. The molecule has 0 radical (unpaired) electrons. The lowest BCUT2D eigenvalue weighted by atomic mass is 10.3. The lowest BCUT2D eigenvalue weighted by molar-refractivity contribution is -0.147. The number of carbonyl (C=O) groups excluding carboxylic acids is 2. The Bertz CT molecular complexity index is 852. The number of sulfonamides is 1. The number of anilines is 1. The summed E-state index contributed by atoms with van der Waals surface area (Å²) in [6, 6.07) is 11.5. The van der Waals surface area contributed by atoms with E-state index >= 15 is 0 Å². The van der Waals surface area contributed by atoms with Gasteiger partial charge in [0.1, 0.15) is 10.8 Å². The third kappa shape index (κ3) is 5.53. The maximum absolute atomic E-state index is 12.3. The van der Waals surface area contributed by atoms with Crippen molar-refractivity contribution in [1.82, 2.24) is 4.31 Å². The maximum Gasteiger partial charge on any atom is 0.321 e. The number of thiophene rings is 1. The van der Waals surface area contributed by atoms with Crippen LogP contribution in [-0.4, -0.2) is 44.8 Å². The van der Waals surface area contributed by atoms with Gasteiger partial charge in [-0.05, 0) is 24.3 Å². The first-order chi connectivity index (χ1) is 11.8. The molecule has 10 heteroatoms. The zero-order valence-corrected chi connectivity index (χ0v) is 15.5. The Balaban J connectivity index is 1.84. The van der Waals surface area contributed by atoms with Crippen molar-refractivity contribution in [2.75, 3.05) is 25.5 Å². The fraction of sp³-hybridized carbons (Fsp3) is 0.200. The van der Waals surface area contributed by atoms with Crippen molar-refractivity contribution in [3.05, 3.63) is 46.8 Å². The molecule has 0 saturated carbocycles. The predicted octanol–water partition coefficient (Wildman–Crippen LogP) is 2.20. The molecular weight excluding hydrogens is 388 g/mol. The van der Waals surface area contributed by atoms with E-state index in [1.807, 2.05) is 0 Å². The van der Waals surface area contributed by atoms with Crippen molar-refractivity contribution in [3.8, 4) is 0 Å². The van der Waals surface area contributed by atoms with Gasteiger partial charge in [0.25, 0.3) is 15.9 Å². The number of amides is 1. The van der Waals surface area contributed by atoms with Gasteiger partial charge in [-0.3, -0.25) is 9.59 Å². The van der Waals surface area contributed by atoms with E-state index in [0.29, 0.717) is 10.0 Å². The Kier molecular flexibility index (Phi) is 6.54. The van der Waals surface area contributed by atoms with Gasteiger partial charge in [-0.15, -0.1) is 11.3 Å². The first-order valence-corrected chi connectivity index (χ1v) is 9.64. The molecule has 0 aliphatic carbocycles. The second-order valence-corrected chi connectivity index (χ2v) is 8.88. The third-order valence-corrected chi connectivity index (χ3v) is 6.49. The maximum atomic E-state index is 12.3. The molecule has 0 atom stereocenters. The number of esters is 1. The summed E-state index contributed by atoms with van der Waals surface area (Å²) >= 11 is 6.62. The molecule has 0 bridgehead atoms. The Labute approximate surface area is 154 Å². The van der Waals surface area contributed by atoms with Crippen molar-refractivity contribution < 1.29 is 22.7 Å². The Morgan fingerprint density at radius 3 is 2.48 bits per heavy atom.